The number of imide groups is 1. The molecule has 3 aliphatic rings. The van der Waals surface area contributed by atoms with Gasteiger partial charge in [0.25, 0.3) is 0 Å². The van der Waals surface area contributed by atoms with E-state index in [1.807, 2.05) is 6.92 Å². The summed E-state index contributed by atoms with van der Waals surface area (Å²) in [7, 11) is 0. The fourth-order valence-corrected chi connectivity index (χ4v) is 5.58. The predicted molar refractivity (Wildman–Crippen MR) is 125 cm³/mol. The maximum atomic E-state index is 13.9. The summed E-state index contributed by atoms with van der Waals surface area (Å²) in [5.41, 5.74) is -1.16. The van der Waals surface area contributed by atoms with Crippen LogP contribution in [-0.4, -0.2) is 35.6 Å². The largest absolute Gasteiger partial charge is 0.494 e. The van der Waals surface area contributed by atoms with E-state index in [4.69, 9.17) is 9.47 Å². The lowest BCUT2D eigenvalue weighted by Gasteiger charge is -2.27. The van der Waals surface area contributed by atoms with Crippen molar-refractivity contribution in [3.8, 4) is 5.75 Å². The Morgan fingerprint density at radius 1 is 0.861 bits per heavy atom. The number of benzene rings is 3. The Balaban J connectivity index is 1.49. The van der Waals surface area contributed by atoms with Gasteiger partial charge in [0.05, 0.1) is 30.2 Å². The maximum Gasteiger partial charge on any atom is 0.241 e. The molecule has 180 valence electrons. The summed E-state index contributed by atoms with van der Waals surface area (Å²) in [4.78, 5) is 56.1. The maximum absolute atomic E-state index is 13.9. The smallest absolute Gasteiger partial charge is 0.241 e. The SMILES string of the molecule is CCOc1ccc(N2C(=O)[C@H]3[C@@H](C2=O)C2(O[C@H]3c3ccc(F)cc3)C(=O)c3ccccc3C2=O)cc1. The molecule has 3 aromatic carbocycles. The fourth-order valence-electron chi connectivity index (χ4n) is 5.58. The number of hydrogen-bond donors (Lipinski definition) is 0. The van der Waals surface area contributed by atoms with Crippen molar-refractivity contribution in [1.82, 2.24) is 0 Å². The average Bonchev–Trinajstić information content (AvgIpc) is 3.45. The Labute approximate surface area is 205 Å². The first-order chi connectivity index (χ1) is 17.4. The van der Waals surface area contributed by atoms with Crippen molar-refractivity contribution in [3.63, 3.8) is 0 Å². The summed E-state index contributed by atoms with van der Waals surface area (Å²) in [6.45, 7) is 2.29. The summed E-state index contributed by atoms with van der Waals surface area (Å²) in [6, 6.07) is 18.0. The van der Waals surface area contributed by atoms with Gasteiger partial charge in [-0.1, -0.05) is 36.4 Å². The third-order valence-electron chi connectivity index (χ3n) is 7.12. The zero-order valence-corrected chi connectivity index (χ0v) is 19.1. The summed E-state index contributed by atoms with van der Waals surface area (Å²) < 4.78 is 25.3. The van der Waals surface area contributed by atoms with Crippen LogP contribution < -0.4 is 9.64 Å². The third-order valence-corrected chi connectivity index (χ3v) is 7.12. The van der Waals surface area contributed by atoms with Crippen LogP contribution >= 0.6 is 0 Å². The van der Waals surface area contributed by atoms with Gasteiger partial charge in [-0.2, -0.15) is 0 Å². The number of carbonyl (C=O) groups is 4. The molecule has 3 aromatic rings. The highest BCUT2D eigenvalue weighted by Crippen LogP contribution is 2.57. The molecule has 1 aliphatic carbocycles. The fraction of sp³-hybridized carbons (Fsp3) is 0.214. The van der Waals surface area contributed by atoms with Gasteiger partial charge in [-0.25, -0.2) is 9.29 Å². The monoisotopic (exact) mass is 485 g/mol. The van der Waals surface area contributed by atoms with Crippen molar-refractivity contribution in [2.45, 2.75) is 18.6 Å². The highest BCUT2D eigenvalue weighted by Gasteiger charge is 2.74. The molecule has 0 unspecified atom stereocenters. The topological polar surface area (TPSA) is 90.0 Å². The molecule has 1 spiro atoms. The van der Waals surface area contributed by atoms with Gasteiger partial charge in [0.1, 0.15) is 11.6 Å². The number of amides is 2. The van der Waals surface area contributed by atoms with E-state index in [-0.39, 0.29) is 11.1 Å². The molecule has 0 radical (unpaired) electrons. The van der Waals surface area contributed by atoms with Crippen LogP contribution in [0.25, 0.3) is 0 Å². The molecule has 7 nitrogen and oxygen atoms in total. The molecule has 2 fully saturated rings. The molecule has 36 heavy (non-hydrogen) atoms. The first kappa shape index (κ1) is 22.3. The molecule has 2 heterocycles. The van der Waals surface area contributed by atoms with Crippen molar-refractivity contribution < 1.29 is 33.0 Å². The lowest BCUT2D eigenvalue weighted by atomic mass is 9.77. The highest BCUT2D eigenvalue weighted by atomic mass is 19.1. The molecular weight excluding hydrogens is 465 g/mol. The second kappa shape index (κ2) is 7.93. The van der Waals surface area contributed by atoms with E-state index in [1.54, 1.807) is 36.4 Å². The highest BCUT2D eigenvalue weighted by molar-refractivity contribution is 6.37. The molecule has 0 N–H and O–H groups in total. The number of ketones is 2. The minimum Gasteiger partial charge on any atom is -0.494 e. The second-order valence-corrected chi connectivity index (χ2v) is 8.97. The van der Waals surface area contributed by atoms with Crippen LogP contribution in [0.4, 0.5) is 10.1 Å². The van der Waals surface area contributed by atoms with Crippen molar-refractivity contribution in [2.24, 2.45) is 11.8 Å². The number of anilines is 1. The van der Waals surface area contributed by atoms with Crippen LogP contribution in [0.2, 0.25) is 0 Å². The Bertz CT molecular complexity index is 1400. The van der Waals surface area contributed by atoms with Gasteiger partial charge in [0, 0.05) is 11.1 Å². The average molecular weight is 485 g/mol. The Hall–Kier alpha value is -4.17. The molecule has 0 saturated carbocycles. The predicted octanol–water partition coefficient (Wildman–Crippen LogP) is 3.92. The van der Waals surface area contributed by atoms with Crippen LogP contribution in [0.5, 0.6) is 5.75 Å². The molecule has 2 saturated heterocycles. The quantitative estimate of drug-likeness (QED) is 0.411. The van der Waals surface area contributed by atoms with E-state index in [1.165, 1.54) is 36.4 Å². The molecule has 0 bridgehead atoms. The van der Waals surface area contributed by atoms with E-state index in [2.05, 4.69) is 0 Å². The number of carbonyl (C=O) groups excluding carboxylic acids is 4. The Morgan fingerprint density at radius 3 is 2.06 bits per heavy atom. The van der Waals surface area contributed by atoms with E-state index >= 15 is 0 Å². The Kier molecular flexibility index (Phi) is 4.91. The van der Waals surface area contributed by atoms with Gasteiger partial charge < -0.3 is 9.47 Å². The summed E-state index contributed by atoms with van der Waals surface area (Å²) in [5, 5.41) is 0. The normalized spacial score (nSPS) is 23.9. The third kappa shape index (κ3) is 2.88. The van der Waals surface area contributed by atoms with Crippen LogP contribution in [0.1, 0.15) is 39.3 Å². The number of Topliss-reactive ketones (excluding diaryl/α,β-unsaturated/α-hetero) is 2. The number of hydrogen-bond acceptors (Lipinski definition) is 6. The number of rotatable bonds is 4. The second-order valence-electron chi connectivity index (χ2n) is 8.97. The van der Waals surface area contributed by atoms with Gasteiger partial charge in [0.2, 0.25) is 29.0 Å². The van der Waals surface area contributed by atoms with Gasteiger partial charge in [-0.3, -0.25) is 19.2 Å². The van der Waals surface area contributed by atoms with E-state index in [9.17, 15) is 23.6 Å². The van der Waals surface area contributed by atoms with Gasteiger partial charge in [-0.15, -0.1) is 0 Å². The molecule has 6 rings (SSSR count). The van der Waals surface area contributed by atoms with Gasteiger partial charge in [-0.05, 0) is 48.9 Å². The number of halogens is 1. The van der Waals surface area contributed by atoms with Crippen LogP contribution in [0, 0.1) is 17.7 Å². The molecular formula is C28H20FNO6. The summed E-state index contributed by atoms with van der Waals surface area (Å²) in [5.74, 6) is -4.98. The minimum absolute atomic E-state index is 0.153. The van der Waals surface area contributed by atoms with Crippen molar-refractivity contribution in [3.05, 3.63) is 95.3 Å². The molecule has 0 aromatic heterocycles. The molecule has 8 heteroatoms. The van der Waals surface area contributed by atoms with Crippen molar-refractivity contribution >= 4 is 29.1 Å². The van der Waals surface area contributed by atoms with Gasteiger partial charge in [0.15, 0.2) is 0 Å². The van der Waals surface area contributed by atoms with Crippen molar-refractivity contribution in [1.29, 1.82) is 0 Å². The lowest BCUT2D eigenvalue weighted by molar-refractivity contribution is -0.127. The lowest BCUT2D eigenvalue weighted by Crippen LogP contribution is -2.51. The summed E-state index contributed by atoms with van der Waals surface area (Å²) >= 11 is 0. The van der Waals surface area contributed by atoms with Crippen LogP contribution in [-0.2, 0) is 14.3 Å². The van der Waals surface area contributed by atoms with E-state index in [0.717, 1.165) is 4.90 Å². The standard InChI is InChI=1S/C28H20FNO6/c1-2-35-18-13-11-17(12-14-18)30-26(33)21-22(27(30)34)28(36-23(21)15-7-9-16(29)10-8-15)24(31)19-5-3-4-6-20(19)25(28)32/h3-14,21-23H,2H2,1H3/t21-,22-,23-/m0/s1. The van der Waals surface area contributed by atoms with Crippen molar-refractivity contribution in [2.75, 3.05) is 11.5 Å². The number of nitrogens with zero attached hydrogens (tertiary/aromatic N) is 1. The zero-order valence-electron chi connectivity index (χ0n) is 19.1. The first-order valence-electron chi connectivity index (χ1n) is 11.6. The van der Waals surface area contributed by atoms with E-state index < -0.39 is 52.7 Å². The van der Waals surface area contributed by atoms with Gasteiger partial charge >= 0.3 is 0 Å². The minimum atomic E-state index is -2.17. The number of fused-ring (bicyclic) bond motifs is 3. The zero-order chi connectivity index (χ0) is 25.2. The van der Waals surface area contributed by atoms with Crippen LogP contribution in [0.3, 0.4) is 0 Å². The Morgan fingerprint density at radius 2 is 1.47 bits per heavy atom. The first-order valence-corrected chi connectivity index (χ1v) is 11.6. The summed E-state index contributed by atoms with van der Waals surface area (Å²) in [6.07, 6.45) is -1.10. The molecule has 3 atom stereocenters. The van der Waals surface area contributed by atoms with E-state index in [0.29, 0.717) is 23.6 Å². The number of ether oxygens (including phenoxy) is 2. The molecule has 2 amide bonds. The molecule has 2 aliphatic heterocycles. The van der Waals surface area contributed by atoms with Crippen LogP contribution in [0.15, 0.2) is 72.8 Å².